The van der Waals surface area contributed by atoms with Gasteiger partial charge in [-0.3, -0.25) is 14.5 Å². The van der Waals surface area contributed by atoms with Gasteiger partial charge in [0.1, 0.15) is 12.4 Å². The second kappa shape index (κ2) is 10.4. The van der Waals surface area contributed by atoms with Crippen LogP contribution in [0.5, 0.6) is 0 Å². The number of aryl methyl sites for hydroxylation is 3. The van der Waals surface area contributed by atoms with Crippen LogP contribution in [0.2, 0.25) is 0 Å². The molecule has 6 nitrogen and oxygen atoms in total. The highest BCUT2D eigenvalue weighted by Gasteiger charge is 2.38. The van der Waals surface area contributed by atoms with E-state index in [9.17, 15) is 9.59 Å². The van der Waals surface area contributed by atoms with Crippen molar-refractivity contribution in [3.63, 3.8) is 0 Å². The van der Waals surface area contributed by atoms with Gasteiger partial charge in [-0.15, -0.1) is 11.8 Å². The number of rotatable bonds is 6. The number of nitrogens with zero attached hydrogens (tertiary/aromatic N) is 3. The first-order valence-electron chi connectivity index (χ1n) is 13.4. The molecule has 1 fully saturated rings. The van der Waals surface area contributed by atoms with Crippen molar-refractivity contribution in [1.29, 1.82) is 0 Å². The maximum atomic E-state index is 13.8. The van der Waals surface area contributed by atoms with Crippen molar-refractivity contribution in [2.24, 2.45) is 0 Å². The van der Waals surface area contributed by atoms with Gasteiger partial charge < -0.3 is 5.32 Å². The zero-order chi connectivity index (χ0) is 27.1. The van der Waals surface area contributed by atoms with E-state index in [1.54, 1.807) is 16.7 Å². The number of carbonyl (C=O) groups is 2. The fourth-order valence-electron chi connectivity index (χ4n) is 5.31. The molecule has 0 radical (unpaired) electrons. The molecule has 1 unspecified atom stereocenters. The Morgan fingerprint density at radius 1 is 0.974 bits per heavy atom. The standard InChI is InChI=1S/C32H32N4O2S/c1-20-13-16-26(22(3)17-20)36-32-29(30(34-36)23-10-5-4-6-11-23)31(25-12-8-7-9-21(25)2)39-19-28(38)35(32)18-27(37)33-24-14-15-24/h4-13,16-17,24,31H,14-15,18-19H2,1-3H3,(H,33,37). The van der Waals surface area contributed by atoms with Crippen molar-refractivity contribution in [3.8, 4) is 16.9 Å². The first-order valence-corrected chi connectivity index (χ1v) is 14.5. The quantitative estimate of drug-likeness (QED) is 0.333. The molecule has 1 atom stereocenters. The van der Waals surface area contributed by atoms with Gasteiger partial charge in [0.05, 0.1) is 22.4 Å². The minimum Gasteiger partial charge on any atom is -0.352 e. The van der Waals surface area contributed by atoms with Crippen LogP contribution in [-0.2, 0) is 9.59 Å². The maximum absolute atomic E-state index is 13.8. The van der Waals surface area contributed by atoms with Crippen molar-refractivity contribution in [3.05, 3.63) is 101 Å². The van der Waals surface area contributed by atoms with E-state index in [4.69, 9.17) is 5.10 Å². The normalized spacial score (nSPS) is 17.1. The molecule has 2 aliphatic rings. The van der Waals surface area contributed by atoms with E-state index >= 15 is 0 Å². The molecule has 7 heteroatoms. The zero-order valence-electron chi connectivity index (χ0n) is 22.5. The molecule has 2 heterocycles. The third kappa shape index (κ3) is 4.99. The first-order chi connectivity index (χ1) is 18.9. The van der Waals surface area contributed by atoms with Crippen LogP contribution >= 0.6 is 11.8 Å². The van der Waals surface area contributed by atoms with Crippen LogP contribution in [0.15, 0.2) is 72.8 Å². The molecule has 1 aliphatic heterocycles. The lowest BCUT2D eigenvalue weighted by molar-refractivity contribution is -0.123. The lowest BCUT2D eigenvalue weighted by atomic mass is 9.96. The third-order valence-corrected chi connectivity index (χ3v) is 8.67. The number of fused-ring (bicyclic) bond motifs is 1. The highest BCUT2D eigenvalue weighted by molar-refractivity contribution is 8.00. The molecule has 3 aromatic carbocycles. The molecule has 4 aromatic rings. The Morgan fingerprint density at radius 3 is 2.44 bits per heavy atom. The lowest BCUT2D eigenvalue weighted by Gasteiger charge is -2.24. The average Bonchev–Trinajstić information content (AvgIpc) is 3.68. The predicted molar refractivity (Wildman–Crippen MR) is 157 cm³/mol. The molecule has 0 bridgehead atoms. The fourth-order valence-corrected chi connectivity index (χ4v) is 6.60. The van der Waals surface area contributed by atoms with Crippen LogP contribution < -0.4 is 10.2 Å². The number of nitrogens with one attached hydrogen (secondary N) is 1. The van der Waals surface area contributed by atoms with Gasteiger partial charge in [-0.05, 0) is 56.4 Å². The summed E-state index contributed by atoms with van der Waals surface area (Å²) >= 11 is 1.61. The van der Waals surface area contributed by atoms with Crippen LogP contribution in [0.3, 0.4) is 0 Å². The van der Waals surface area contributed by atoms with Gasteiger partial charge in [-0.2, -0.15) is 5.10 Å². The van der Waals surface area contributed by atoms with E-state index in [0.29, 0.717) is 5.82 Å². The summed E-state index contributed by atoms with van der Waals surface area (Å²) in [4.78, 5) is 28.6. The molecule has 198 valence electrons. The third-order valence-electron chi connectivity index (χ3n) is 7.43. The van der Waals surface area contributed by atoms with E-state index in [-0.39, 0.29) is 35.4 Å². The first kappa shape index (κ1) is 25.4. The zero-order valence-corrected chi connectivity index (χ0v) is 23.3. The Kier molecular flexibility index (Phi) is 6.77. The highest BCUT2D eigenvalue weighted by atomic mass is 32.2. The number of hydrogen-bond donors (Lipinski definition) is 1. The maximum Gasteiger partial charge on any atom is 0.240 e. The van der Waals surface area contributed by atoms with Crippen molar-refractivity contribution >= 4 is 29.4 Å². The Hall–Kier alpha value is -3.84. The predicted octanol–water partition coefficient (Wildman–Crippen LogP) is 5.91. The summed E-state index contributed by atoms with van der Waals surface area (Å²) < 4.78 is 1.89. The van der Waals surface area contributed by atoms with Crippen LogP contribution in [0, 0.1) is 20.8 Å². The molecule has 0 saturated heterocycles. The number of thioether (sulfide) groups is 1. The van der Waals surface area contributed by atoms with Crippen LogP contribution in [0.25, 0.3) is 16.9 Å². The molecule has 1 saturated carbocycles. The van der Waals surface area contributed by atoms with E-state index in [1.807, 2.05) is 35.0 Å². The summed E-state index contributed by atoms with van der Waals surface area (Å²) in [5, 5.41) is 8.16. The van der Waals surface area contributed by atoms with Gasteiger partial charge in [0.15, 0.2) is 0 Å². The molecular weight excluding hydrogens is 504 g/mol. The topological polar surface area (TPSA) is 67.2 Å². The van der Waals surface area contributed by atoms with Gasteiger partial charge in [-0.25, -0.2) is 4.68 Å². The van der Waals surface area contributed by atoms with Crippen LogP contribution in [0.4, 0.5) is 5.82 Å². The van der Waals surface area contributed by atoms with Crippen LogP contribution in [0.1, 0.15) is 45.9 Å². The molecular formula is C32H32N4O2S. The van der Waals surface area contributed by atoms with E-state index in [1.165, 1.54) is 0 Å². The lowest BCUT2D eigenvalue weighted by Crippen LogP contribution is -2.43. The van der Waals surface area contributed by atoms with Gasteiger partial charge in [0.2, 0.25) is 11.8 Å². The average molecular weight is 537 g/mol. The SMILES string of the molecule is Cc1ccc(-n2nc(-c3ccccc3)c3c2N(CC(=O)NC2CC2)C(=O)CSC3c2ccccc2C)c(C)c1. The fraction of sp³-hybridized carbons (Fsp3) is 0.281. The van der Waals surface area contributed by atoms with Crippen molar-refractivity contribution in [1.82, 2.24) is 15.1 Å². The summed E-state index contributed by atoms with van der Waals surface area (Å²) in [6.07, 6.45) is 1.99. The Balaban J connectivity index is 1.63. The second-order valence-electron chi connectivity index (χ2n) is 10.5. The Bertz CT molecular complexity index is 1560. The van der Waals surface area contributed by atoms with E-state index in [0.717, 1.165) is 57.6 Å². The highest BCUT2D eigenvalue weighted by Crippen LogP contribution is 2.49. The molecule has 6 rings (SSSR count). The molecule has 1 aliphatic carbocycles. The summed E-state index contributed by atoms with van der Waals surface area (Å²) in [7, 11) is 0. The Morgan fingerprint density at radius 2 is 1.72 bits per heavy atom. The number of aromatic nitrogens is 2. The molecule has 39 heavy (non-hydrogen) atoms. The van der Waals surface area contributed by atoms with E-state index < -0.39 is 0 Å². The monoisotopic (exact) mass is 536 g/mol. The number of hydrogen-bond acceptors (Lipinski definition) is 4. The molecule has 1 aromatic heterocycles. The van der Waals surface area contributed by atoms with Crippen LogP contribution in [-0.4, -0.2) is 39.9 Å². The second-order valence-corrected chi connectivity index (χ2v) is 11.6. The van der Waals surface area contributed by atoms with Gasteiger partial charge in [0, 0.05) is 17.2 Å². The number of amides is 2. The van der Waals surface area contributed by atoms with Crippen molar-refractivity contribution < 1.29 is 9.59 Å². The van der Waals surface area contributed by atoms with Gasteiger partial charge >= 0.3 is 0 Å². The molecule has 1 N–H and O–H groups in total. The molecule has 0 spiro atoms. The minimum absolute atomic E-state index is 0.0335. The largest absolute Gasteiger partial charge is 0.352 e. The summed E-state index contributed by atoms with van der Waals surface area (Å²) in [5.41, 5.74) is 8.19. The smallest absolute Gasteiger partial charge is 0.240 e. The number of anilines is 1. The van der Waals surface area contributed by atoms with Gasteiger partial charge in [-0.1, -0.05) is 72.3 Å². The number of carbonyl (C=O) groups excluding carboxylic acids is 2. The van der Waals surface area contributed by atoms with Crippen molar-refractivity contribution in [2.75, 3.05) is 17.2 Å². The molecule has 2 amide bonds. The summed E-state index contributed by atoms with van der Waals surface area (Å²) in [6, 6.07) is 24.9. The van der Waals surface area contributed by atoms with Gasteiger partial charge in [0.25, 0.3) is 0 Å². The summed E-state index contributed by atoms with van der Waals surface area (Å²) in [6.45, 7) is 6.21. The summed E-state index contributed by atoms with van der Waals surface area (Å²) in [5.74, 6) is 0.723. The van der Waals surface area contributed by atoms with Crippen molar-refractivity contribution in [2.45, 2.75) is 44.9 Å². The number of benzene rings is 3. The minimum atomic E-state index is -0.134. The van der Waals surface area contributed by atoms with E-state index in [2.05, 4.69) is 68.6 Å². The Labute approximate surface area is 233 Å².